The van der Waals surface area contributed by atoms with E-state index in [-0.39, 0.29) is 5.60 Å². The molecule has 3 nitrogen and oxygen atoms in total. The first-order valence-corrected chi connectivity index (χ1v) is 7.26. The molecule has 1 aliphatic rings. The topological polar surface area (TPSA) is 32.7 Å². The maximum absolute atomic E-state index is 9.70. The molecule has 0 aliphatic carbocycles. The Morgan fingerprint density at radius 3 is 2.58 bits per heavy atom. The number of rotatable bonds is 4. The summed E-state index contributed by atoms with van der Waals surface area (Å²) in [5.41, 5.74) is 0.921. The molecule has 19 heavy (non-hydrogen) atoms. The van der Waals surface area contributed by atoms with Gasteiger partial charge in [-0.2, -0.15) is 0 Å². The molecule has 0 unspecified atom stereocenters. The number of nitrogens with zero attached hydrogens (tertiary/aromatic N) is 1. The van der Waals surface area contributed by atoms with Crippen molar-refractivity contribution < 1.29 is 9.84 Å². The fraction of sp³-hybridized carbons (Fsp3) is 0.625. The Labute approximate surface area is 116 Å². The number of hydrogen-bond acceptors (Lipinski definition) is 3. The Morgan fingerprint density at radius 1 is 1.32 bits per heavy atom. The molecular formula is C16H25NO2. The van der Waals surface area contributed by atoms with E-state index < -0.39 is 0 Å². The van der Waals surface area contributed by atoms with Gasteiger partial charge in [0.25, 0.3) is 0 Å². The van der Waals surface area contributed by atoms with Gasteiger partial charge in [0.05, 0.1) is 12.2 Å². The van der Waals surface area contributed by atoms with Crippen LogP contribution in [0, 0.1) is 5.92 Å². The summed E-state index contributed by atoms with van der Waals surface area (Å²) in [5.74, 6) is 1.78. The number of benzene rings is 1. The van der Waals surface area contributed by atoms with Crippen LogP contribution in [0.5, 0.6) is 11.5 Å². The summed E-state index contributed by atoms with van der Waals surface area (Å²) in [7, 11) is 0. The minimum Gasteiger partial charge on any atom is -0.508 e. The molecule has 106 valence electrons. The van der Waals surface area contributed by atoms with E-state index in [4.69, 9.17) is 4.74 Å². The van der Waals surface area contributed by atoms with Crippen LogP contribution in [0.3, 0.4) is 0 Å². The normalized spacial score (nSPS) is 17.2. The zero-order chi connectivity index (χ0) is 14.0. The molecule has 3 heteroatoms. The number of anilines is 1. The highest BCUT2D eigenvalue weighted by atomic mass is 16.5. The van der Waals surface area contributed by atoms with Gasteiger partial charge in [0.15, 0.2) is 0 Å². The Morgan fingerprint density at radius 2 is 2.00 bits per heavy atom. The molecule has 0 amide bonds. The third kappa shape index (κ3) is 2.80. The van der Waals surface area contributed by atoms with Gasteiger partial charge in [-0.15, -0.1) is 0 Å². The van der Waals surface area contributed by atoms with Crippen molar-refractivity contribution in [3.8, 4) is 11.5 Å². The largest absolute Gasteiger partial charge is 0.508 e. The van der Waals surface area contributed by atoms with Crippen molar-refractivity contribution in [2.75, 3.05) is 18.0 Å². The zero-order valence-corrected chi connectivity index (χ0v) is 12.4. The average Bonchev–Trinajstić information content (AvgIpc) is 2.38. The van der Waals surface area contributed by atoms with Crippen LogP contribution < -0.4 is 9.64 Å². The highest BCUT2D eigenvalue weighted by Crippen LogP contribution is 2.41. The number of phenols is 1. The molecule has 0 saturated carbocycles. The number of hydrogen-bond donors (Lipinski definition) is 1. The molecule has 1 aromatic rings. The second kappa shape index (κ2) is 5.32. The molecule has 1 heterocycles. The predicted octanol–water partition coefficient (Wildman–Crippen LogP) is 3.81. The molecule has 0 fully saturated rings. The molecule has 1 N–H and O–H groups in total. The summed E-state index contributed by atoms with van der Waals surface area (Å²) in [5, 5.41) is 9.70. The molecule has 0 spiro atoms. The third-order valence-corrected chi connectivity index (χ3v) is 3.96. The van der Waals surface area contributed by atoms with Crippen LogP contribution in [-0.2, 0) is 0 Å². The highest BCUT2D eigenvalue weighted by Gasteiger charge is 2.37. The summed E-state index contributed by atoms with van der Waals surface area (Å²) < 4.78 is 6.23. The summed E-state index contributed by atoms with van der Waals surface area (Å²) in [4.78, 5) is 2.36. The van der Waals surface area contributed by atoms with Crippen LogP contribution in [0.4, 0.5) is 5.69 Å². The molecule has 0 bridgehead atoms. The first kappa shape index (κ1) is 14.0. The molecular weight excluding hydrogens is 238 g/mol. The zero-order valence-electron chi connectivity index (χ0n) is 12.4. The highest BCUT2D eigenvalue weighted by molar-refractivity contribution is 5.63. The van der Waals surface area contributed by atoms with Gasteiger partial charge in [0.2, 0.25) is 0 Å². The molecule has 1 aliphatic heterocycles. The minimum absolute atomic E-state index is 0.0984. The van der Waals surface area contributed by atoms with E-state index in [2.05, 4.69) is 32.6 Å². The molecule has 0 atom stereocenters. The summed E-state index contributed by atoms with van der Waals surface area (Å²) in [6, 6.07) is 5.40. The first-order valence-electron chi connectivity index (χ1n) is 7.26. The summed E-state index contributed by atoms with van der Waals surface area (Å²) >= 11 is 0. The summed E-state index contributed by atoms with van der Waals surface area (Å²) in [6.45, 7) is 10.7. The molecule has 0 aromatic heterocycles. The predicted molar refractivity (Wildman–Crippen MR) is 79.1 cm³/mol. The first-order chi connectivity index (χ1) is 8.99. The monoisotopic (exact) mass is 263 g/mol. The van der Waals surface area contributed by atoms with E-state index in [1.807, 2.05) is 12.1 Å². The van der Waals surface area contributed by atoms with Gasteiger partial charge in [0, 0.05) is 12.6 Å². The number of phenolic OH excluding ortho intramolecular Hbond substituents is 1. The molecule has 2 rings (SSSR count). The number of ether oxygens (including phenoxy) is 1. The van der Waals surface area contributed by atoms with E-state index in [0.717, 1.165) is 37.4 Å². The van der Waals surface area contributed by atoms with Crippen molar-refractivity contribution in [2.24, 2.45) is 5.92 Å². The lowest BCUT2D eigenvalue weighted by atomic mass is 9.93. The van der Waals surface area contributed by atoms with Gasteiger partial charge in [-0.05, 0) is 30.9 Å². The van der Waals surface area contributed by atoms with Gasteiger partial charge < -0.3 is 14.7 Å². The van der Waals surface area contributed by atoms with Gasteiger partial charge in [0.1, 0.15) is 17.1 Å². The van der Waals surface area contributed by atoms with E-state index in [9.17, 15) is 5.11 Å². The van der Waals surface area contributed by atoms with Gasteiger partial charge in [-0.25, -0.2) is 0 Å². The van der Waals surface area contributed by atoms with Gasteiger partial charge in [-0.1, -0.05) is 27.7 Å². The quantitative estimate of drug-likeness (QED) is 0.896. The Bertz CT molecular complexity index is 438. The average molecular weight is 263 g/mol. The smallest absolute Gasteiger partial charge is 0.143 e. The molecule has 1 aromatic carbocycles. The van der Waals surface area contributed by atoms with Crippen LogP contribution in [0.25, 0.3) is 0 Å². The van der Waals surface area contributed by atoms with Crippen molar-refractivity contribution in [2.45, 2.75) is 46.1 Å². The Kier molecular flexibility index (Phi) is 3.93. The van der Waals surface area contributed by atoms with Gasteiger partial charge in [-0.3, -0.25) is 0 Å². The summed E-state index contributed by atoms with van der Waals surface area (Å²) in [6.07, 6.45) is 2.00. The van der Waals surface area contributed by atoms with Crippen molar-refractivity contribution in [1.82, 2.24) is 0 Å². The van der Waals surface area contributed by atoms with Crippen LogP contribution in [0.2, 0.25) is 0 Å². The number of aromatic hydroxyl groups is 1. The van der Waals surface area contributed by atoms with Crippen molar-refractivity contribution in [3.05, 3.63) is 18.2 Å². The second-order valence-corrected chi connectivity index (χ2v) is 5.92. The Hall–Kier alpha value is -1.38. The van der Waals surface area contributed by atoms with Crippen LogP contribution >= 0.6 is 0 Å². The van der Waals surface area contributed by atoms with E-state index in [1.165, 1.54) is 0 Å². The SMILES string of the molecule is CCC1(CC)CN(CC(C)C)c2cc(O)ccc2O1. The van der Waals surface area contributed by atoms with Crippen molar-refractivity contribution >= 4 is 5.69 Å². The standard InChI is InChI=1S/C16H25NO2/c1-5-16(6-2)11-17(10-12(3)4)14-9-13(18)7-8-15(14)19-16/h7-9,12,18H,5-6,10-11H2,1-4H3. The van der Waals surface area contributed by atoms with E-state index >= 15 is 0 Å². The maximum atomic E-state index is 9.70. The Balaban J connectivity index is 2.39. The van der Waals surface area contributed by atoms with Crippen molar-refractivity contribution in [3.63, 3.8) is 0 Å². The van der Waals surface area contributed by atoms with Gasteiger partial charge >= 0.3 is 0 Å². The van der Waals surface area contributed by atoms with Crippen molar-refractivity contribution in [1.29, 1.82) is 0 Å². The van der Waals surface area contributed by atoms with Crippen LogP contribution in [0.1, 0.15) is 40.5 Å². The minimum atomic E-state index is -0.0984. The molecule has 0 saturated heterocycles. The third-order valence-electron chi connectivity index (χ3n) is 3.96. The van der Waals surface area contributed by atoms with E-state index in [0.29, 0.717) is 11.7 Å². The lowest BCUT2D eigenvalue weighted by molar-refractivity contribution is 0.0567. The number of fused-ring (bicyclic) bond motifs is 1. The lowest BCUT2D eigenvalue weighted by Crippen LogP contribution is -2.51. The lowest BCUT2D eigenvalue weighted by Gasteiger charge is -2.44. The fourth-order valence-electron chi connectivity index (χ4n) is 2.76. The van der Waals surface area contributed by atoms with Crippen LogP contribution in [0.15, 0.2) is 18.2 Å². The fourth-order valence-corrected chi connectivity index (χ4v) is 2.76. The maximum Gasteiger partial charge on any atom is 0.143 e. The molecule has 0 radical (unpaired) electrons. The van der Waals surface area contributed by atoms with E-state index in [1.54, 1.807) is 6.07 Å². The second-order valence-electron chi connectivity index (χ2n) is 5.92. The van der Waals surface area contributed by atoms with Crippen LogP contribution in [-0.4, -0.2) is 23.8 Å².